The van der Waals surface area contributed by atoms with Crippen LogP contribution in [0.2, 0.25) is 0 Å². The van der Waals surface area contributed by atoms with Crippen LogP contribution in [0.25, 0.3) is 16.8 Å². The zero-order valence-corrected chi connectivity index (χ0v) is 18.2. The summed E-state index contributed by atoms with van der Waals surface area (Å²) in [7, 11) is 1.62. The molecular formula is C25H26N4O3. The first-order valence-electron chi connectivity index (χ1n) is 10.7. The number of carbonyl (C=O) groups excluding carboxylic acids is 1. The molecule has 1 atom stereocenters. The lowest BCUT2D eigenvalue weighted by molar-refractivity contribution is -0.122. The molecule has 7 heteroatoms. The number of amides is 1. The van der Waals surface area contributed by atoms with Crippen molar-refractivity contribution in [3.8, 4) is 17.0 Å². The van der Waals surface area contributed by atoms with E-state index in [2.05, 4.69) is 10.4 Å². The normalized spacial score (nSPS) is 11.9. The number of aromatic nitrogens is 3. The van der Waals surface area contributed by atoms with Crippen molar-refractivity contribution in [2.45, 2.75) is 25.8 Å². The molecule has 32 heavy (non-hydrogen) atoms. The van der Waals surface area contributed by atoms with E-state index in [1.54, 1.807) is 34.7 Å². The van der Waals surface area contributed by atoms with E-state index in [1.165, 1.54) is 0 Å². The fourth-order valence-electron chi connectivity index (χ4n) is 3.79. The van der Waals surface area contributed by atoms with Crippen molar-refractivity contribution >= 4 is 11.4 Å². The first kappa shape index (κ1) is 21.4. The van der Waals surface area contributed by atoms with E-state index < -0.39 is 0 Å². The Morgan fingerprint density at radius 2 is 1.84 bits per heavy atom. The molecule has 0 spiro atoms. The molecule has 2 aromatic heterocycles. The van der Waals surface area contributed by atoms with Gasteiger partial charge in [0.05, 0.1) is 18.7 Å². The largest absolute Gasteiger partial charge is 0.497 e. The van der Waals surface area contributed by atoms with Gasteiger partial charge < -0.3 is 14.6 Å². The maximum absolute atomic E-state index is 12.9. The van der Waals surface area contributed by atoms with E-state index >= 15 is 0 Å². The predicted octanol–water partition coefficient (Wildman–Crippen LogP) is 3.48. The summed E-state index contributed by atoms with van der Waals surface area (Å²) in [6.45, 7) is 2.75. The number of fused-ring (bicyclic) bond motifs is 1. The molecule has 0 radical (unpaired) electrons. The Hall–Kier alpha value is -3.87. The quantitative estimate of drug-likeness (QED) is 0.464. The van der Waals surface area contributed by atoms with Crippen LogP contribution in [0.4, 0.5) is 0 Å². The van der Waals surface area contributed by atoms with Gasteiger partial charge in [-0.25, -0.2) is 4.52 Å². The number of rotatable bonds is 8. The molecule has 0 unspecified atom stereocenters. The van der Waals surface area contributed by atoms with Crippen LogP contribution in [-0.2, 0) is 11.3 Å². The molecule has 4 aromatic rings. The summed E-state index contributed by atoms with van der Waals surface area (Å²) in [5.74, 6) is 0.538. The topological polar surface area (TPSA) is 77.6 Å². The molecule has 4 rings (SSSR count). The highest BCUT2D eigenvalue weighted by atomic mass is 16.5. The van der Waals surface area contributed by atoms with Crippen LogP contribution in [0, 0.1) is 0 Å². The van der Waals surface area contributed by atoms with Gasteiger partial charge in [-0.3, -0.25) is 9.59 Å². The molecule has 1 N–H and O–H groups in total. The predicted molar refractivity (Wildman–Crippen MR) is 124 cm³/mol. The summed E-state index contributed by atoms with van der Waals surface area (Å²) in [5, 5.41) is 7.47. The van der Waals surface area contributed by atoms with Gasteiger partial charge in [-0.15, -0.1) is 0 Å². The Morgan fingerprint density at radius 3 is 2.53 bits per heavy atom. The summed E-state index contributed by atoms with van der Waals surface area (Å²) < 4.78 is 8.37. The van der Waals surface area contributed by atoms with E-state index in [9.17, 15) is 9.59 Å². The van der Waals surface area contributed by atoms with Crippen LogP contribution in [0.3, 0.4) is 0 Å². The molecule has 0 aliphatic heterocycles. The van der Waals surface area contributed by atoms with E-state index in [1.807, 2.05) is 61.5 Å². The van der Waals surface area contributed by atoms with Crippen LogP contribution >= 0.6 is 0 Å². The second-order valence-corrected chi connectivity index (χ2v) is 7.55. The number of nitrogens with zero attached hydrogens (tertiary/aromatic N) is 3. The van der Waals surface area contributed by atoms with Gasteiger partial charge in [0.2, 0.25) is 5.91 Å². The van der Waals surface area contributed by atoms with Crippen molar-refractivity contribution < 1.29 is 9.53 Å². The van der Waals surface area contributed by atoms with Crippen molar-refractivity contribution in [1.82, 2.24) is 19.5 Å². The summed E-state index contributed by atoms with van der Waals surface area (Å²) in [6, 6.07) is 19.1. The first-order valence-corrected chi connectivity index (χ1v) is 10.7. The van der Waals surface area contributed by atoms with Gasteiger partial charge in [0, 0.05) is 31.0 Å². The average Bonchev–Trinajstić information content (AvgIpc) is 3.27. The van der Waals surface area contributed by atoms with Gasteiger partial charge in [0.25, 0.3) is 5.56 Å². The van der Waals surface area contributed by atoms with Gasteiger partial charge in [0.1, 0.15) is 11.3 Å². The fraction of sp³-hybridized carbons (Fsp3) is 0.240. The molecule has 0 saturated carbocycles. The Bertz CT molecular complexity index is 1260. The maximum Gasteiger partial charge on any atom is 0.276 e. The Kier molecular flexibility index (Phi) is 6.35. The number of hydrogen-bond acceptors (Lipinski definition) is 4. The highest BCUT2D eigenvalue weighted by Gasteiger charge is 2.18. The van der Waals surface area contributed by atoms with Crippen LogP contribution in [0.1, 0.15) is 24.8 Å². The van der Waals surface area contributed by atoms with Gasteiger partial charge >= 0.3 is 0 Å². The zero-order valence-electron chi connectivity index (χ0n) is 18.2. The monoisotopic (exact) mass is 430 g/mol. The number of hydrogen-bond donors (Lipinski definition) is 1. The van der Waals surface area contributed by atoms with Crippen LogP contribution in [0.15, 0.2) is 77.9 Å². The van der Waals surface area contributed by atoms with E-state index in [4.69, 9.17) is 4.74 Å². The number of methoxy groups -OCH3 is 1. The van der Waals surface area contributed by atoms with Crippen molar-refractivity contribution in [2.24, 2.45) is 0 Å². The zero-order chi connectivity index (χ0) is 22.5. The number of ether oxygens (including phenoxy) is 1. The Morgan fingerprint density at radius 1 is 1.09 bits per heavy atom. The molecule has 164 valence electrons. The summed E-state index contributed by atoms with van der Waals surface area (Å²) in [5.41, 5.74) is 2.95. The van der Waals surface area contributed by atoms with Gasteiger partial charge in [-0.2, -0.15) is 5.10 Å². The molecule has 0 bridgehead atoms. The third-order valence-electron chi connectivity index (χ3n) is 5.57. The maximum atomic E-state index is 12.9. The van der Waals surface area contributed by atoms with E-state index in [-0.39, 0.29) is 17.4 Å². The Balaban J connectivity index is 1.46. The summed E-state index contributed by atoms with van der Waals surface area (Å²) >= 11 is 0. The second-order valence-electron chi connectivity index (χ2n) is 7.55. The molecule has 0 saturated heterocycles. The molecule has 2 aromatic carbocycles. The number of carbonyl (C=O) groups is 1. The van der Waals surface area contributed by atoms with Crippen LogP contribution in [0.5, 0.6) is 5.75 Å². The lowest BCUT2D eigenvalue weighted by atomic mass is 9.96. The molecule has 7 nitrogen and oxygen atoms in total. The van der Waals surface area contributed by atoms with Gasteiger partial charge in [-0.05, 0) is 42.3 Å². The number of nitrogens with one attached hydrogen (secondary N) is 1. The molecule has 0 aliphatic carbocycles. The minimum Gasteiger partial charge on any atom is -0.497 e. The smallest absolute Gasteiger partial charge is 0.276 e. The number of benzene rings is 2. The fourth-order valence-corrected chi connectivity index (χ4v) is 3.79. The molecule has 0 fully saturated rings. The molecule has 1 amide bonds. The van der Waals surface area contributed by atoms with E-state index in [0.29, 0.717) is 30.7 Å². The SMILES string of the molecule is CC[C@H](C(=O)NCCn1ccn2nc(-c3ccc(OC)cc3)cc2c1=O)c1ccccc1. The minimum atomic E-state index is -0.197. The first-order chi connectivity index (χ1) is 15.6. The van der Waals surface area contributed by atoms with E-state index in [0.717, 1.165) is 16.9 Å². The highest BCUT2D eigenvalue weighted by Crippen LogP contribution is 2.22. The Labute approximate surface area is 186 Å². The van der Waals surface area contributed by atoms with Crippen molar-refractivity contribution in [2.75, 3.05) is 13.7 Å². The highest BCUT2D eigenvalue weighted by molar-refractivity contribution is 5.83. The van der Waals surface area contributed by atoms with Crippen LogP contribution < -0.4 is 15.6 Å². The standard InChI is InChI=1S/C25H26N4O3/c1-3-21(18-7-5-4-6-8-18)24(30)26-13-14-28-15-16-29-23(25(28)31)17-22(27-29)19-9-11-20(32-2)12-10-19/h4-12,15-17,21H,3,13-14H2,1-2H3,(H,26,30)/t21-/m0/s1. The lowest BCUT2D eigenvalue weighted by Gasteiger charge is -2.15. The van der Waals surface area contributed by atoms with Crippen molar-refractivity contribution in [3.63, 3.8) is 0 Å². The molecule has 2 heterocycles. The summed E-state index contributed by atoms with van der Waals surface area (Å²) in [4.78, 5) is 25.6. The second kappa shape index (κ2) is 9.51. The third-order valence-corrected chi connectivity index (χ3v) is 5.57. The lowest BCUT2D eigenvalue weighted by Crippen LogP contribution is -2.34. The molecule has 0 aliphatic rings. The van der Waals surface area contributed by atoms with Gasteiger partial charge in [-0.1, -0.05) is 37.3 Å². The average molecular weight is 431 g/mol. The third kappa shape index (κ3) is 4.42. The van der Waals surface area contributed by atoms with Crippen molar-refractivity contribution in [1.29, 1.82) is 0 Å². The van der Waals surface area contributed by atoms with Crippen LogP contribution in [-0.4, -0.2) is 33.7 Å². The van der Waals surface area contributed by atoms with Crippen molar-refractivity contribution in [3.05, 3.63) is 89.0 Å². The minimum absolute atomic E-state index is 0.0287. The summed E-state index contributed by atoms with van der Waals surface area (Å²) in [6.07, 6.45) is 4.16. The molecular weight excluding hydrogens is 404 g/mol. The van der Waals surface area contributed by atoms with Gasteiger partial charge in [0.15, 0.2) is 0 Å².